The summed E-state index contributed by atoms with van der Waals surface area (Å²) >= 11 is 0. The van der Waals surface area contributed by atoms with Crippen molar-refractivity contribution in [3.8, 4) is 5.75 Å². The Balaban J connectivity index is 1.75. The van der Waals surface area contributed by atoms with Crippen molar-refractivity contribution in [1.29, 1.82) is 0 Å². The molecule has 0 aliphatic heterocycles. The Hall–Kier alpha value is -3.64. The van der Waals surface area contributed by atoms with Crippen molar-refractivity contribution in [3.63, 3.8) is 0 Å². The highest BCUT2D eigenvalue weighted by atomic mass is 16.5. The van der Waals surface area contributed by atoms with Crippen molar-refractivity contribution in [3.05, 3.63) is 95.6 Å². The number of methoxy groups -OCH3 is 1. The number of hydrogen-bond donors (Lipinski definition) is 1. The second-order valence-corrected chi connectivity index (χ2v) is 7.18. The zero-order valence-corrected chi connectivity index (χ0v) is 17.9. The fourth-order valence-electron chi connectivity index (χ4n) is 3.18. The van der Waals surface area contributed by atoms with Crippen LogP contribution in [0.2, 0.25) is 0 Å². The minimum absolute atomic E-state index is 0.163. The molecule has 0 spiro atoms. The van der Waals surface area contributed by atoms with Gasteiger partial charge in [-0.2, -0.15) is 0 Å². The smallest absolute Gasteiger partial charge is 0.253 e. The predicted molar refractivity (Wildman–Crippen MR) is 120 cm³/mol. The molecular weight excluding hydrogens is 392 g/mol. The number of rotatable bonds is 8. The maximum Gasteiger partial charge on any atom is 0.253 e. The van der Waals surface area contributed by atoms with Gasteiger partial charge < -0.3 is 19.7 Å². The van der Waals surface area contributed by atoms with Crippen LogP contribution in [0.1, 0.15) is 27.6 Å². The highest BCUT2D eigenvalue weighted by molar-refractivity contribution is 5.98. The molecule has 6 heteroatoms. The average molecular weight is 418 g/mol. The van der Waals surface area contributed by atoms with Gasteiger partial charge in [-0.1, -0.05) is 60.7 Å². The summed E-state index contributed by atoms with van der Waals surface area (Å²) in [6, 6.07) is 24.4. The molecule has 0 aliphatic rings. The molecule has 0 saturated heterocycles. The molecule has 0 bridgehead atoms. The largest absolute Gasteiger partial charge is 0.495 e. The molecule has 3 rings (SSSR count). The SMILES string of the molecule is COc1ccc(C(=O)N(C)C)cc1NC(=O)COC(c1ccccc1)c1ccccc1. The molecule has 0 radical (unpaired) electrons. The first-order chi connectivity index (χ1) is 15.0. The molecule has 6 nitrogen and oxygen atoms in total. The van der Waals surface area contributed by atoms with E-state index in [0.717, 1.165) is 11.1 Å². The Bertz CT molecular complexity index is 981. The third kappa shape index (κ3) is 5.71. The number of ether oxygens (including phenoxy) is 2. The fourth-order valence-corrected chi connectivity index (χ4v) is 3.18. The monoisotopic (exact) mass is 418 g/mol. The van der Waals surface area contributed by atoms with Crippen LogP contribution >= 0.6 is 0 Å². The molecule has 1 N–H and O–H groups in total. The van der Waals surface area contributed by atoms with E-state index >= 15 is 0 Å². The molecule has 3 aromatic carbocycles. The van der Waals surface area contributed by atoms with Gasteiger partial charge >= 0.3 is 0 Å². The first-order valence-corrected chi connectivity index (χ1v) is 9.90. The number of nitrogens with one attached hydrogen (secondary N) is 1. The average Bonchev–Trinajstić information content (AvgIpc) is 2.80. The van der Waals surface area contributed by atoms with Crippen LogP contribution in [0.3, 0.4) is 0 Å². The maximum atomic E-state index is 12.7. The van der Waals surface area contributed by atoms with E-state index in [9.17, 15) is 9.59 Å². The van der Waals surface area contributed by atoms with Gasteiger partial charge in [-0.05, 0) is 29.3 Å². The Labute approximate surface area is 182 Å². The zero-order valence-electron chi connectivity index (χ0n) is 17.9. The zero-order chi connectivity index (χ0) is 22.2. The van der Waals surface area contributed by atoms with Gasteiger partial charge in [0.1, 0.15) is 18.5 Å². The van der Waals surface area contributed by atoms with Gasteiger partial charge in [0, 0.05) is 19.7 Å². The molecule has 3 aromatic rings. The summed E-state index contributed by atoms with van der Waals surface area (Å²) in [5.74, 6) is -0.0430. The highest BCUT2D eigenvalue weighted by Crippen LogP contribution is 2.28. The van der Waals surface area contributed by atoms with Gasteiger partial charge in [-0.15, -0.1) is 0 Å². The van der Waals surface area contributed by atoms with Crippen LogP contribution in [0.15, 0.2) is 78.9 Å². The van der Waals surface area contributed by atoms with Crippen LogP contribution in [0.4, 0.5) is 5.69 Å². The molecule has 0 fully saturated rings. The predicted octanol–water partition coefficient (Wildman–Crippen LogP) is 4.14. The third-order valence-electron chi connectivity index (χ3n) is 4.71. The van der Waals surface area contributed by atoms with Crippen LogP contribution in [-0.2, 0) is 9.53 Å². The molecule has 160 valence electrons. The molecule has 0 aromatic heterocycles. The van der Waals surface area contributed by atoms with Gasteiger partial charge in [0.2, 0.25) is 0 Å². The number of carbonyl (C=O) groups excluding carboxylic acids is 2. The third-order valence-corrected chi connectivity index (χ3v) is 4.71. The second kappa shape index (κ2) is 10.4. The normalized spacial score (nSPS) is 10.6. The van der Waals surface area contributed by atoms with Crippen molar-refractivity contribution in [2.24, 2.45) is 0 Å². The lowest BCUT2D eigenvalue weighted by Crippen LogP contribution is -2.23. The van der Waals surface area contributed by atoms with Gasteiger partial charge in [0.25, 0.3) is 11.8 Å². The lowest BCUT2D eigenvalue weighted by molar-refractivity contribution is -0.121. The van der Waals surface area contributed by atoms with Crippen LogP contribution in [-0.4, -0.2) is 44.5 Å². The molecule has 31 heavy (non-hydrogen) atoms. The molecule has 0 atom stereocenters. The number of nitrogens with zero attached hydrogens (tertiary/aromatic N) is 1. The fraction of sp³-hybridized carbons (Fsp3) is 0.200. The van der Waals surface area contributed by atoms with E-state index in [0.29, 0.717) is 17.0 Å². The highest BCUT2D eigenvalue weighted by Gasteiger charge is 2.18. The number of carbonyl (C=O) groups is 2. The van der Waals surface area contributed by atoms with Crippen molar-refractivity contribution in [1.82, 2.24) is 4.90 Å². The molecule has 2 amide bonds. The number of amides is 2. The van der Waals surface area contributed by atoms with Gasteiger partial charge in [-0.25, -0.2) is 0 Å². The summed E-state index contributed by atoms with van der Waals surface area (Å²) < 4.78 is 11.3. The molecular formula is C25H26N2O4. The lowest BCUT2D eigenvalue weighted by atomic mass is 10.0. The minimum atomic E-state index is -0.378. The number of hydrogen-bond acceptors (Lipinski definition) is 4. The summed E-state index contributed by atoms with van der Waals surface area (Å²) in [5.41, 5.74) is 2.78. The summed E-state index contributed by atoms with van der Waals surface area (Å²) in [4.78, 5) is 26.4. The van der Waals surface area contributed by atoms with Crippen LogP contribution in [0.5, 0.6) is 5.75 Å². The van der Waals surface area contributed by atoms with Crippen molar-refractivity contribution in [2.45, 2.75) is 6.10 Å². The van der Waals surface area contributed by atoms with Crippen LogP contribution in [0.25, 0.3) is 0 Å². The van der Waals surface area contributed by atoms with E-state index in [4.69, 9.17) is 9.47 Å². The van der Waals surface area contributed by atoms with E-state index in [1.807, 2.05) is 60.7 Å². The first kappa shape index (κ1) is 22.1. The van der Waals surface area contributed by atoms with E-state index in [-0.39, 0.29) is 24.5 Å². The summed E-state index contributed by atoms with van der Waals surface area (Å²) in [7, 11) is 4.85. The Morgan fingerprint density at radius 2 is 1.48 bits per heavy atom. The Morgan fingerprint density at radius 3 is 2.00 bits per heavy atom. The second-order valence-electron chi connectivity index (χ2n) is 7.18. The summed E-state index contributed by atoms with van der Waals surface area (Å²) in [5, 5.41) is 2.79. The van der Waals surface area contributed by atoms with Gasteiger partial charge in [-0.3, -0.25) is 9.59 Å². The van der Waals surface area contributed by atoms with Gasteiger partial charge in [0.05, 0.1) is 12.8 Å². The topological polar surface area (TPSA) is 67.9 Å². The Morgan fingerprint density at radius 1 is 0.903 bits per heavy atom. The van der Waals surface area contributed by atoms with E-state index in [1.165, 1.54) is 12.0 Å². The summed E-state index contributed by atoms with van der Waals surface area (Å²) in [6.45, 7) is -0.163. The molecule has 0 aliphatic carbocycles. The summed E-state index contributed by atoms with van der Waals surface area (Å²) in [6.07, 6.45) is -0.378. The maximum absolute atomic E-state index is 12.7. The van der Waals surface area contributed by atoms with E-state index < -0.39 is 0 Å². The standard InChI is InChI=1S/C25H26N2O4/c1-27(2)25(29)20-14-15-22(30-3)21(16-20)26-23(28)17-31-24(18-10-6-4-7-11-18)19-12-8-5-9-13-19/h4-16,24H,17H2,1-3H3,(H,26,28). The Kier molecular flexibility index (Phi) is 7.40. The minimum Gasteiger partial charge on any atom is -0.495 e. The first-order valence-electron chi connectivity index (χ1n) is 9.90. The quantitative estimate of drug-likeness (QED) is 0.597. The van der Waals surface area contributed by atoms with Crippen molar-refractivity contribution in [2.75, 3.05) is 33.1 Å². The van der Waals surface area contributed by atoms with Crippen LogP contribution in [0, 0.1) is 0 Å². The van der Waals surface area contributed by atoms with Crippen LogP contribution < -0.4 is 10.1 Å². The van der Waals surface area contributed by atoms with E-state index in [2.05, 4.69) is 5.32 Å². The van der Waals surface area contributed by atoms with Gasteiger partial charge in [0.15, 0.2) is 0 Å². The van der Waals surface area contributed by atoms with Crippen molar-refractivity contribution >= 4 is 17.5 Å². The van der Waals surface area contributed by atoms with Crippen molar-refractivity contribution < 1.29 is 19.1 Å². The van der Waals surface area contributed by atoms with E-state index in [1.54, 1.807) is 32.3 Å². The molecule has 0 unspecified atom stereocenters. The number of benzene rings is 3. The number of anilines is 1. The molecule has 0 heterocycles. The molecule has 0 saturated carbocycles. The lowest BCUT2D eigenvalue weighted by Gasteiger charge is -2.19.